The second kappa shape index (κ2) is 13.5. The van der Waals surface area contributed by atoms with Crippen molar-refractivity contribution in [1.29, 1.82) is 0 Å². The van der Waals surface area contributed by atoms with Gasteiger partial charge in [0, 0.05) is 12.1 Å². The molecule has 0 unspecified atom stereocenters. The lowest BCUT2D eigenvalue weighted by Crippen LogP contribution is -2.34. The molecule has 12 heavy (non-hydrogen) atoms. The maximum Gasteiger partial charge on any atom is 0.0402 e. The molecule has 0 saturated heterocycles. The van der Waals surface area contributed by atoms with Gasteiger partial charge >= 0.3 is 0 Å². The van der Waals surface area contributed by atoms with Crippen LogP contribution >= 0.6 is 0 Å². The lowest BCUT2D eigenvalue weighted by molar-refractivity contribution is 0.318. The number of hydrogen-bond donors (Lipinski definition) is 2. The number of hydrogen-bond acceptors (Lipinski definition) is 2. The topological polar surface area (TPSA) is 32.3 Å². The fourth-order valence-electron chi connectivity index (χ4n) is 0.177. The summed E-state index contributed by atoms with van der Waals surface area (Å²) in [7, 11) is 1.99. The van der Waals surface area contributed by atoms with Gasteiger partial charge in [0.1, 0.15) is 0 Å². The SMILES string of the molecule is CC.CCC(C)(C)NC.CCO. The van der Waals surface area contributed by atoms with E-state index in [1.54, 1.807) is 6.92 Å². The normalized spacial score (nSPS) is 9.00. The van der Waals surface area contributed by atoms with Gasteiger partial charge in [-0.3, -0.25) is 0 Å². The molecule has 0 bridgehead atoms. The average molecular weight is 177 g/mol. The highest BCUT2D eigenvalue weighted by Gasteiger charge is 2.08. The first-order valence-electron chi connectivity index (χ1n) is 4.83. The Kier molecular flexibility index (Phi) is 20.1. The molecule has 0 fully saturated rings. The summed E-state index contributed by atoms with van der Waals surface area (Å²) in [6, 6.07) is 0. The quantitative estimate of drug-likeness (QED) is 0.679. The Hall–Kier alpha value is -0.0800. The summed E-state index contributed by atoms with van der Waals surface area (Å²) in [6.07, 6.45) is 1.18. The number of nitrogens with one attached hydrogen (secondary N) is 1. The van der Waals surface area contributed by atoms with Crippen molar-refractivity contribution >= 4 is 0 Å². The minimum atomic E-state index is 0.250. The van der Waals surface area contributed by atoms with Crippen molar-refractivity contribution in [3.8, 4) is 0 Å². The van der Waals surface area contributed by atoms with E-state index in [1.807, 2.05) is 20.9 Å². The highest BCUT2D eigenvalue weighted by Crippen LogP contribution is 2.03. The Balaban J connectivity index is -0.000000137. The summed E-state index contributed by atoms with van der Waals surface area (Å²) in [5.74, 6) is 0. The molecule has 0 heterocycles. The van der Waals surface area contributed by atoms with E-state index >= 15 is 0 Å². The van der Waals surface area contributed by atoms with Gasteiger partial charge in [-0.2, -0.15) is 0 Å². The number of aliphatic hydroxyl groups excluding tert-OH is 1. The van der Waals surface area contributed by atoms with Crippen molar-refractivity contribution in [2.75, 3.05) is 13.7 Å². The highest BCUT2D eigenvalue weighted by atomic mass is 16.2. The molecule has 0 spiro atoms. The van der Waals surface area contributed by atoms with Crippen LogP contribution < -0.4 is 5.32 Å². The predicted molar refractivity (Wildman–Crippen MR) is 57.5 cm³/mol. The fraction of sp³-hybridized carbons (Fsp3) is 1.00. The second-order valence-corrected chi connectivity index (χ2v) is 2.80. The molecule has 0 atom stereocenters. The van der Waals surface area contributed by atoms with Gasteiger partial charge in [-0.1, -0.05) is 20.8 Å². The van der Waals surface area contributed by atoms with E-state index in [0.29, 0.717) is 5.54 Å². The Morgan fingerprint density at radius 2 is 1.42 bits per heavy atom. The van der Waals surface area contributed by atoms with Crippen LogP contribution in [0.25, 0.3) is 0 Å². The van der Waals surface area contributed by atoms with Gasteiger partial charge in [-0.25, -0.2) is 0 Å². The molecule has 0 aromatic carbocycles. The Bertz CT molecular complexity index is 56.9. The predicted octanol–water partition coefficient (Wildman–Crippen LogP) is 2.42. The van der Waals surface area contributed by atoms with Crippen molar-refractivity contribution in [2.45, 2.75) is 53.5 Å². The lowest BCUT2D eigenvalue weighted by Gasteiger charge is -2.20. The Labute approximate surface area is 78.4 Å². The van der Waals surface area contributed by atoms with Gasteiger partial charge in [0.05, 0.1) is 0 Å². The summed E-state index contributed by atoms with van der Waals surface area (Å²) < 4.78 is 0. The molecule has 0 aliphatic carbocycles. The zero-order valence-corrected chi connectivity index (χ0v) is 9.86. The molecule has 0 radical (unpaired) electrons. The highest BCUT2D eigenvalue weighted by molar-refractivity contribution is 4.71. The first-order chi connectivity index (χ1) is 5.54. The van der Waals surface area contributed by atoms with Gasteiger partial charge in [0.2, 0.25) is 0 Å². The van der Waals surface area contributed by atoms with Crippen LogP contribution in [0, 0.1) is 0 Å². The molecule has 0 rings (SSSR count). The Morgan fingerprint density at radius 3 is 1.42 bits per heavy atom. The third kappa shape index (κ3) is 22.5. The number of rotatable bonds is 2. The van der Waals surface area contributed by atoms with Crippen molar-refractivity contribution < 1.29 is 5.11 Å². The molecule has 0 aromatic rings. The van der Waals surface area contributed by atoms with Gasteiger partial charge in [0.25, 0.3) is 0 Å². The maximum absolute atomic E-state index is 7.57. The van der Waals surface area contributed by atoms with E-state index in [2.05, 4.69) is 26.1 Å². The Morgan fingerprint density at radius 1 is 1.17 bits per heavy atom. The molecule has 0 saturated carbocycles. The average Bonchev–Trinajstić information content (AvgIpc) is 2.10. The van der Waals surface area contributed by atoms with E-state index < -0.39 is 0 Å². The molecule has 0 amide bonds. The van der Waals surface area contributed by atoms with Gasteiger partial charge < -0.3 is 10.4 Å². The first kappa shape index (κ1) is 17.9. The largest absolute Gasteiger partial charge is 0.397 e. The van der Waals surface area contributed by atoms with Crippen LogP contribution in [0.2, 0.25) is 0 Å². The minimum absolute atomic E-state index is 0.250. The molecule has 2 N–H and O–H groups in total. The van der Waals surface area contributed by atoms with Crippen LogP contribution in [0.5, 0.6) is 0 Å². The maximum atomic E-state index is 7.57. The van der Waals surface area contributed by atoms with E-state index in [-0.39, 0.29) is 6.61 Å². The minimum Gasteiger partial charge on any atom is -0.397 e. The lowest BCUT2D eigenvalue weighted by atomic mass is 10.0. The first-order valence-corrected chi connectivity index (χ1v) is 4.83. The van der Waals surface area contributed by atoms with Crippen molar-refractivity contribution in [1.82, 2.24) is 5.32 Å². The fourth-order valence-corrected chi connectivity index (χ4v) is 0.177. The molecular formula is C10H27NO. The van der Waals surface area contributed by atoms with Gasteiger partial charge in [-0.05, 0) is 34.2 Å². The molecular weight excluding hydrogens is 150 g/mol. The zero-order chi connectivity index (χ0) is 10.6. The monoisotopic (exact) mass is 177 g/mol. The summed E-state index contributed by atoms with van der Waals surface area (Å²) in [5, 5.41) is 10.8. The second-order valence-electron chi connectivity index (χ2n) is 2.80. The van der Waals surface area contributed by atoms with Crippen molar-refractivity contribution in [3.05, 3.63) is 0 Å². The summed E-state index contributed by atoms with van der Waals surface area (Å²) in [6.45, 7) is 12.5. The van der Waals surface area contributed by atoms with Crippen molar-refractivity contribution in [3.63, 3.8) is 0 Å². The smallest absolute Gasteiger partial charge is 0.0402 e. The standard InChI is InChI=1S/C6H15N.C2H6O.C2H6/c1-5-6(2,3)7-4;1-2-3;1-2/h7H,5H2,1-4H3;3H,2H2,1H3;1-2H3. The molecule has 0 aromatic heterocycles. The third-order valence-electron chi connectivity index (χ3n) is 1.56. The molecule has 78 valence electrons. The summed E-state index contributed by atoms with van der Waals surface area (Å²) in [5.41, 5.74) is 0.333. The van der Waals surface area contributed by atoms with Gasteiger partial charge in [0.15, 0.2) is 0 Å². The summed E-state index contributed by atoms with van der Waals surface area (Å²) in [4.78, 5) is 0. The van der Waals surface area contributed by atoms with Crippen LogP contribution in [-0.2, 0) is 0 Å². The zero-order valence-electron chi connectivity index (χ0n) is 9.86. The molecule has 0 aliphatic rings. The van der Waals surface area contributed by atoms with Gasteiger partial charge in [-0.15, -0.1) is 0 Å². The van der Waals surface area contributed by atoms with Crippen LogP contribution in [0.3, 0.4) is 0 Å². The van der Waals surface area contributed by atoms with E-state index in [9.17, 15) is 0 Å². The van der Waals surface area contributed by atoms with E-state index in [4.69, 9.17) is 5.11 Å². The van der Waals surface area contributed by atoms with Crippen LogP contribution in [0.1, 0.15) is 48.0 Å². The molecule has 0 aliphatic heterocycles. The van der Waals surface area contributed by atoms with Crippen LogP contribution in [0.4, 0.5) is 0 Å². The van der Waals surface area contributed by atoms with Crippen LogP contribution in [0.15, 0.2) is 0 Å². The third-order valence-corrected chi connectivity index (χ3v) is 1.56. The molecule has 2 heteroatoms. The molecule has 2 nitrogen and oxygen atoms in total. The number of aliphatic hydroxyl groups is 1. The van der Waals surface area contributed by atoms with E-state index in [1.165, 1.54) is 6.42 Å². The van der Waals surface area contributed by atoms with E-state index in [0.717, 1.165) is 0 Å². The van der Waals surface area contributed by atoms with Crippen LogP contribution in [-0.4, -0.2) is 24.3 Å². The summed E-state index contributed by atoms with van der Waals surface area (Å²) >= 11 is 0. The van der Waals surface area contributed by atoms with Crippen molar-refractivity contribution in [2.24, 2.45) is 0 Å².